The molecule has 0 aromatic heterocycles. The van der Waals surface area contributed by atoms with Crippen LogP contribution in [0.4, 0.5) is 11.4 Å². The number of nitrogens with zero attached hydrogens (tertiary/aromatic N) is 2. The fraction of sp³-hybridized carbons (Fsp3) is 0.500. The van der Waals surface area contributed by atoms with Crippen LogP contribution in [-0.4, -0.2) is 27.2 Å². The van der Waals surface area contributed by atoms with Crippen molar-refractivity contribution in [2.45, 2.75) is 13.8 Å². The normalized spacial score (nSPS) is 10.0. The molecule has 0 atom stereocenters. The third-order valence-corrected chi connectivity index (χ3v) is 2.68. The van der Waals surface area contributed by atoms with Crippen LogP contribution in [0, 0.1) is 0 Å². The number of hydrogen-bond donors (Lipinski definition) is 0. The van der Waals surface area contributed by atoms with Crippen molar-refractivity contribution in [1.29, 1.82) is 0 Å². The first-order chi connectivity index (χ1) is 6.69. The lowest BCUT2D eigenvalue weighted by Gasteiger charge is -2.20. The zero-order valence-electron chi connectivity index (χ0n) is 9.62. The van der Waals surface area contributed by atoms with Gasteiger partial charge in [-0.05, 0) is 38.1 Å². The Hall–Kier alpha value is -1.18. The fourth-order valence-corrected chi connectivity index (χ4v) is 1.33. The molecule has 1 rings (SSSR count). The predicted octanol–water partition coefficient (Wildman–Crippen LogP) is 2.60. The molecule has 1 aromatic carbocycles. The van der Waals surface area contributed by atoms with E-state index in [1.807, 2.05) is 0 Å². The fourth-order valence-electron chi connectivity index (χ4n) is 1.33. The number of anilines is 2. The molecular weight excluding hydrogens is 172 g/mol. The zero-order valence-corrected chi connectivity index (χ0v) is 9.62. The summed E-state index contributed by atoms with van der Waals surface area (Å²) in [6, 6.07) is 8.69. The lowest BCUT2D eigenvalue weighted by atomic mass is 10.2. The van der Waals surface area contributed by atoms with Gasteiger partial charge in [0.1, 0.15) is 0 Å². The quantitative estimate of drug-likeness (QED) is 0.723. The molecule has 0 bridgehead atoms. The van der Waals surface area contributed by atoms with E-state index in [0.29, 0.717) is 0 Å². The minimum atomic E-state index is 1.04. The molecule has 78 valence electrons. The van der Waals surface area contributed by atoms with Gasteiger partial charge in [-0.1, -0.05) is 0 Å². The van der Waals surface area contributed by atoms with Gasteiger partial charge in [0.2, 0.25) is 0 Å². The highest BCUT2D eigenvalue weighted by Gasteiger charge is 2.00. The first-order valence-electron chi connectivity index (χ1n) is 5.21. The molecule has 0 radical (unpaired) electrons. The Kier molecular flexibility index (Phi) is 3.81. The molecule has 0 aliphatic heterocycles. The highest BCUT2D eigenvalue weighted by atomic mass is 15.1. The lowest BCUT2D eigenvalue weighted by molar-refractivity contribution is 0.955. The Bertz CT molecular complexity index is 237. The predicted molar refractivity (Wildman–Crippen MR) is 64.3 cm³/mol. The van der Waals surface area contributed by atoms with Crippen molar-refractivity contribution in [2.75, 3.05) is 37.0 Å². The Labute approximate surface area is 87.1 Å². The van der Waals surface area contributed by atoms with E-state index in [-0.39, 0.29) is 0 Å². The van der Waals surface area contributed by atoms with E-state index in [0.717, 1.165) is 13.1 Å². The topological polar surface area (TPSA) is 6.48 Å². The summed E-state index contributed by atoms with van der Waals surface area (Å²) in [5.74, 6) is 0. The second kappa shape index (κ2) is 4.89. The summed E-state index contributed by atoms with van der Waals surface area (Å²) in [6.45, 7) is 6.41. The molecule has 0 N–H and O–H groups in total. The second-order valence-corrected chi connectivity index (χ2v) is 3.54. The minimum absolute atomic E-state index is 1.04. The first kappa shape index (κ1) is 10.9. The average molecular weight is 192 g/mol. The molecule has 0 aliphatic rings. The van der Waals surface area contributed by atoms with Crippen LogP contribution in [0.15, 0.2) is 24.3 Å². The van der Waals surface area contributed by atoms with Crippen LogP contribution >= 0.6 is 0 Å². The van der Waals surface area contributed by atoms with E-state index in [1.54, 1.807) is 0 Å². The van der Waals surface area contributed by atoms with E-state index >= 15 is 0 Å². The Morgan fingerprint density at radius 3 is 1.29 bits per heavy atom. The molecule has 0 spiro atoms. The van der Waals surface area contributed by atoms with Gasteiger partial charge < -0.3 is 9.80 Å². The summed E-state index contributed by atoms with van der Waals surface area (Å²) < 4.78 is 0. The summed E-state index contributed by atoms with van der Waals surface area (Å²) in [6.07, 6.45) is 0. The largest absolute Gasteiger partial charge is 0.375 e. The molecule has 0 saturated heterocycles. The molecule has 0 heterocycles. The van der Waals surface area contributed by atoms with Crippen LogP contribution < -0.4 is 9.80 Å². The van der Waals surface area contributed by atoms with Crippen molar-refractivity contribution in [1.82, 2.24) is 0 Å². The third-order valence-electron chi connectivity index (χ3n) is 2.68. The van der Waals surface area contributed by atoms with Gasteiger partial charge in [-0.3, -0.25) is 0 Å². The minimum Gasteiger partial charge on any atom is -0.375 e. The maximum Gasteiger partial charge on any atom is 0.0365 e. The summed E-state index contributed by atoms with van der Waals surface area (Å²) in [7, 11) is 4.22. The number of benzene rings is 1. The number of rotatable bonds is 4. The van der Waals surface area contributed by atoms with Crippen molar-refractivity contribution in [3.63, 3.8) is 0 Å². The van der Waals surface area contributed by atoms with Crippen LogP contribution in [-0.2, 0) is 0 Å². The maximum atomic E-state index is 2.23. The summed E-state index contributed by atoms with van der Waals surface area (Å²) in [4.78, 5) is 4.46. The number of hydrogen-bond acceptors (Lipinski definition) is 2. The zero-order chi connectivity index (χ0) is 10.6. The van der Waals surface area contributed by atoms with E-state index in [2.05, 4.69) is 62.0 Å². The standard InChI is InChI=1S/C12H20N2/c1-5-13(3)11-7-9-12(10-8-11)14(4)6-2/h7-10H,5-6H2,1-4H3. The highest BCUT2D eigenvalue weighted by Crippen LogP contribution is 2.18. The van der Waals surface area contributed by atoms with Crippen molar-refractivity contribution < 1.29 is 0 Å². The highest BCUT2D eigenvalue weighted by molar-refractivity contribution is 5.55. The molecular formula is C12H20N2. The van der Waals surface area contributed by atoms with Crippen LogP contribution in [0.25, 0.3) is 0 Å². The summed E-state index contributed by atoms with van der Waals surface area (Å²) in [5, 5.41) is 0. The van der Waals surface area contributed by atoms with E-state index in [1.165, 1.54) is 11.4 Å². The van der Waals surface area contributed by atoms with Gasteiger partial charge in [0, 0.05) is 38.6 Å². The van der Waals surface area contributed by atoms with Gasteiger partial charge in [0.15, 0.2) is 0 Å². The van der Waals surface area contributed by atoms with Crippen LogP contribution in [0.2, 0.25) is 0 Å². The maximum absolute atomic E-state index is 2.23. The lowest BCUT2D eigenvalue weighted by Crippen LogP contribution is -2.17. The Morgan fingerprint density at radius 1 is 0.786 bits per heavy atom. The smallest absolute Gasteiger partial charge is 0.0365 e. The van der Waals surface area contributed by atoms with Crippen molar-refractivity contribution in [3.05, 3.63) is 24.3 Å². The van der Waals surface area contributed by atoms with Crippen molar-refractivity contribution in [3.8, 4) is 0 Å². The van der Waals surface area contributed by atoms with Gasteiger partial charge in [-0.15, -0.1) is 0 Å². The van der Waals surface area contributed by atoms with Crippen molar-refractivity contribution >= 4 is 11.4 Å². The monoisotopic (exact) mass is 192 g/mol. The molecule has 2 heteroatoms. The SMILES string of the molecule is CCN(C)c1ccc(N(C)CC)cc1. The first-order valence-corrected chi connectivity index (χ1v) is 5.21. The van der Waals surface area contributed by atoms with Gasteiger partial charge >= 0.3 is 0 Å². The third kappa shape index (κ3) is 2.41. The van der Waals surface area contributed by atoms with Crippen LogP contribution in [0.5, 0.6) is 0 Å². The summed E-state index contributed by atoms with van der Waals surface area (Å²) >= 11 is 0. The second-order valence-electron chi connectivity index (χ2n) is 3.54. The molecule has 14 heavy (non-hydrogen) atoms. The van der Waals surface area contributed by atoms with E-state index < -0.39 is 0 Å². The van der Waals surface area contributed by atoms with Crippen molar-refractivity contribution in [2.24, 2.45) is 0 Å². The van der Waals surface area contributed by atoms with E-state index in [9.17, 15) is 0 Å². The van der Waals surface area contributed by atoms with Gasteiger partial charge in [-0.2, -0.15) is 0 Å². The molecule has 0 fully saturated rings. The van der Waals surface area contributed by atoms with Gasteiger partial charge in [0.25, 0.3) is 0 Å². The molecule has 0 amide bonds. The average Bonchev–Trinajstić information content (AvgIpc) is 2.27. The van der Waals surface area contributed by atoms with Crippen LogP contribution in [0.3, 0.4) is 0 Å². The Balaban J connectivity index is 2.78. The van der Waals surface area contributed by atoms with Gasteiger partial charge in [-0.25, -0.2) is 0 Å². The molecule has 1 aromatic rings. The van der Waals surface area contributed by atoms with Crippen LogP contribution in [0.1, 0.15) is 13.8 Å². The van der Waals surface area contributed by atoms with E-state index in [4.69, 9.17) is 0 Å². The Morgan fingerprint density at radius 2 is 1.07 bits per heavy atom. The molecule has 0 saturated carbocycles. The molecule has 0 aliphatic carbocycles. The summed E-state index contributed by atoms with van der Waals surface area (Å²) in [5.41, 5.74) is 2.56. The van der Waals surface area contributed by atoms with Gasteiger partial charge in [0.05, 0.1) is 0 Å². The molecule has 0 unspecified atom stereocenters. The molecule has 2 nitrogen and oxygen atoms in total.